The number of anilines is 1. The number of rotatable bonds is 4. The average Bonchev–Trinajstić information content (AvgIpc) is 2.46. The van der Waals surface area contributed by atoms with Crippen molar-refractivity contribution in [3.8, 4) is 6.07 Å². The highest BCUT2D eigenvalue weighted by Gasteiger charge is 2.27. The molecule has 0 radical (unpaired) electrons. The first-order valence-corrected chi connectivity index (χ1v) is 6.78. The smallest absolute Gasteiger partial charge is 0.145 e. The molecule has 3 N–H and O–H groups in total. The molecule has 20 heavy (non-hydrogen) atoms. The standard InChI is InChI=1S/C16H20N4/c1-11(2)16(3,10-18)20-15-13(9-17)8-12-6-4-5-7-14(12)19-15/h4-8,11H,10,18H2,1-3H3,(H,19,20). The van der Waals surface area contributed by atoms with E-state index in [0.29, 0.717) is 23.8 Å². The van der Waals surface area contributed by atoms with Crippen LogP contribution in [0.2, 0.25) is 0 Å². The van der Waals surface area contributed by atoms with Gasteiger partial charge in [0.25, 0.3) is 0 Å². The molecule has 0 amide bonds. The summed E-state index contributed by atoms with van der Waals surface area (Å²) < 4.78 is 0. The maximum Gasteiger partial charge on any atom is 0.145 e. The van der Waals surface area contributed by atoms with Crippen LogP contribution in [0.1, 0.15) is 26.3 Å². The summed E-state index contributed by atoms with van der Waals surface area (Å²) in [5, 5.41) is 13.6. The molecule has 2 aromatic rings. The quantitative estimate of drug-likeness (QED) is 0.894. The molecular weight excluding hydrogens is 248 g/mol. The third-order valence-electron chi connectivity index (χ3n) is 3.95. The number of para-hydroxylation sites is 1. The Morgan fingerprint density at radius 3 is 2.70 bits per heavy atom. The molecule has 2 rings (SSSR count). The minimum Gasteiger partial charge on any atom is -0.362 e. The van der Waals surface area contributed by atoms with Crippen LogP contribution < -0.4 is 11.1 Å². The van der Waals surface area contributed by atoms with Crippen LogP contribution in [-0.2, 0) is 0 Å². The Morgan fingerprint density at radius 2 is 2.10 bits per heavy atom. The molecule has 0 saturated carbocycles. The van der Waals surface area contributed by atoms with Gasteiger partial charge in [0.1, 0.15) is 11.9 Å². The van der Waals surface area contributed by atoms with Crippen molar-refractivity contribution in [1.29, 1.82) is 5.26 Å². The third kappa shape index (κ3) is 2.59. The second-order valence-electron chi connectivity index (χ2n) is 5.59. The predicted octanol–water partition coefficient (Wildman–Crippen LogP) is 2.89. The molecule has 1 unspecified atom stereocenters. The van der Waals surface area contributed by atoms with Crippen molar-refractivity contribution >= 4 is 16.7 Å². The van der Waals surface area contributed by atoms with E-state index in [-0.39, 0.29) is 5.54 Å². The van der Waals surface area contributed by atoms with Crippen molar-refractivity contribution in [3.63, 3.8) is 0 Å². The van der Waals surface area contributed by atoms with Gasteiger partial charge < -0.3 is 11.1 Å². The van der Waals surface area contributed by atoms with E-state index in [2.05, 4.69) is 37.1 Å². The zero-order valence-electron chi connectivity index (χ0n) is 12.1. The second kappa shape index (κ2) is 5.48. The lowest BCUT2D eigenvalue weighted by Gasteiger charge is -2.34. The van der Waals surface area contributed by atoms with E-state index in [0.717, 1.165) is 10.9 Å². The van der Waals surface area contributed by atoms with Crippen molar-refractivity contribution in [2.45, 2.75) is 26.3 Å². The van der Waals surface area contributed by atoms with E-state index >= 15 is 0 Å². The number of fused-ring (bicyclic) bond motifs is 1. The van der Waals surface area contributed by atoms with Crippen LogP contribution in [0.3, 0.4) is 0 Å². The molecular formula is C16H20N4. The number of hydrogen-bond donors (Lipinski definition) is 2. The predicted molar refractivity (Wildman–Crippen MR) is 82.4 cm³/mol. The molecule has 0 aliphatic heterocycles. The number of benzene rings is 1. The maximum absolute atomic E-state index is 9.32. The number of pyridine rings is 1. The van der Waals surface area contributed by atoms with Gasteiger partial charge in [-0.1, -0.05) is 32.0 Å². The summed E-state index contributed by atoms with van der Waals surface area (Å²) in [6.07, 6.45) is 0. The van der Waals surface area contributed by atoms with Crippen LogP contribution in [0, 0.1) is 17.2 Å². The van der Waals surface area contributed by atoms with Gasteiger partial charge in [-0.05, 0) is 25.0 Å². The van der Waals surface area contributed by atoms with E-state index in [1.54, 1.807) is 0 Å². The largest absolute Gasteiger partial charge is 0.362 e. The van der Waals surface area contributed by atoms with Crippen LogP contribution in [-0.4, -0.2) is 17.1 Å². The van der Waals surface area contributed by atoms with E-state index in [1.165, 1.54) is 0 Å². The van der Waals surface area contributed by atoms with Gasteiger partial charge in [0, 0.05) is 11.9 Å². The molecule has 1 atom stereocenters. The molecule has 1 heterocycles. The van der Waals surface area contributed by atoms with Crippen LogP contribution >= 0.6 is 0 Å². The fourth-order valence-electron chi connectivity index (χ4n) is 2.00. The van der Waals surface area contributed by atoms with E-state index in [9.17, 15) is 5.26 Å². The molecule has 0 fully saturated rings. The number of nitriles is 1. The van der Waals surface area contributed by atoms with Crippen molar-refractivity contribution in [3.05, 3.63) is 35.9 Å². The van der Waals surface area contributed by atoms with Crippen LogP contribution in [0.15, 0.2) is 30.3 Å². The third-order valence-corrected chi connectivity index (χ3v) is 3.95. The monoisotopic (exact) mass is 268 g/mol. The Hall–Kier alpha value is -2.12. The van der Waals surface area contributed by atoms with Crippen LogP contribution in [0.25, 0.3) is 10.9 Å². The SMILES string of the molecule is CC(C)C(C)(CN)Nc1nc2ccccc2cc1C#N. The molecule has 104 valence electrons. The first kappa shape index (κ1) is 14.3. The van der Waals surface area contributed by atoms with Gasteiger partial charge in [-0.15, -0.1) is 0 Å². The molecule has 1 aromatic heterocycles. The zero-order valence-corrected chi connectivity index (χ0v) is 12.1. The van der Waals surface area contributed by atoms with Crippen molar-refractivity contribution in [1.82, 2.24) is 4.98 Å². The van der Waals surface area contributed by atoms with Crippen molar-refractivity contribution in [2.75, 3.05) is 11.9 Å². The highest BCUT2D eigenvalue weighted by molar-refractivity contribution is 5.82. The molecule has 0 aliphatic carbocycles. The summed E-state index contributed by atoms with van der Waals surface area (Å²) in [6.45, 7) is 6.74. The highest BCUT2D eigenvalue weighted by atomic mass is 15.1. The fourth-order valence-corrected chi connectivity index (χ4v) is 2.00. The average molecular weight is 268 g/mol. The number of nitrogens with zero attached hydrogens (tertiary/aromatic N) is 2. The number of nitrogens with two attached hydrogens (primary N) is 1. The van der Waals surface area contributed by atoms with Gasteiger partial charge in [0.05, 0.1) is 16.6 Å². The number of aromatic nitrogens is 1. The second-order valence-corrected chi connectivity index (χ2v) is 5.59. The lowest BCUT2D eigenvalue weighted by Crippen LogP contribution is -2.47. The van der Waals surface area contributed by atoms with Gasteiger partial charge in [-0.2, -0.15) is 5.26 Å². The first-order chi connectivity index (χ1) is 9.50. The summed E-state index contributed by atoms with van der Waals surface area (Å²) in [5.41, 5.74) is 7.01. The summed E-state index contributed by atoms with van der Waals surface area (Å²) >= 11 is 0. The number of hydrogen-bond acceptors (Lipinski definition) is 4. The van der Waals surface area contributed by atoms with Gasteiger partial charge in [-0.3, -0.25) is 0 Å². The summed E-state index contributed by atoms with van der Waals surface area (Å²) in [6, 6.07) is 11.8. The van der Waals surface area contributed by atoms with Crippen LogP contribution in [0.4, 0.5) is 5.82 Å². The zero-order chi connectivity index (χ0) is 14.8. The lowest BCUT2D eigenvalue weighted by atomic mass is 9.88. The Kier molecular flexibility index (Phi) is 3.91. The normalized spacial score (nSPS) is 14.0. The Morgan fingerprint density at radius 1 is 1.40 bits per heavy atom. The van der Waals surface area contributed by atoms with Gasteiger partial charge in [0.2, 0.25) is 0 Å². The topological polar surface area (TPSA) is 74.7 Å². The maximum atomic E-state index is 9.32. The molecule has 0 bridgehead atoms. The van der Waals surface area contributed by atoms with Crippen molar-refractivity contribution < 1.29 is 0 Å². The summed E-state index contributed by atoms with van der Waals surface area (Å²) in [5.74, 6) is 0.931. The summed E-state index contributed by atoms with van der Waals surface area (Å²) in [7, 11) is 0. The Balaban J connectivity index is 2.51. The Labute approximate surface area is 119 Å². The first-order valence-electron chi connectivity index (χ1n) is 6.78. The minimum absolute atomic E-state index is 0.291. The summed E-state index contributed by atoms with van der Waals surface area (Å²) in [4.78, 5) is 4.57. The molecule has 0 spiro atoms. The van der Waals surface area contributed by atoms with E-state index in [4.69, 9.17) is 5.73 Å². The minimum atomic E-state index is -0.291. The molecule has 4 heteroatoms. The number of nitrogens with one attached hydrogen (secondary N) is 1. The van der Waals surface area contributed by atoms with Gasteiger partial charge >= 0.3 is 0 Å². The Bertz CT molecular complexity index is 657. The van der Waals surface area contributed by atoms with Crippen LogP contribution in [0.5, 0.6) is 0 Å². The lowest BCUT2D eigenvalue weighted by molar-refractivity contribution is 0.381. The van der Waals surface area contributed by atoms with E-state index in [1.807, 2.05) is 30.3 Å². The van der Waals surface area contributed by atoms with Gasteiger partial charge in [0.15, 0.2) is 0 Å². The van der Waals surface area contributed by atoms with Gasteiger partial charge in [-0.25, -0.2) is 4.98 Å². The molecule has 1 aromatic carbocycles. The van der Waals surface area contributed by atoms with E-state index < -0.39 is 0 Å². The van der Waals surface area contributed by atoms with Crippen molar-refractivity contribution in [2.24, 2.45) is 11.7 Å². The molecule has 4 nitrogen and oxygen atoms in total. The molecule has 0 saturated heterocycles. The fraction of sp³-hybridized carbons (Fsp3) is 0.375. The molecule has 0 aliphatic rings. The highest BCUT2D eigenvalue weighted by Crippen LogP contribution is 2.25.